The van der Waals surface area contributed by atoms with Crippen LogP contribution < -0.4 is 0 Å². The minimum Gasteiger partial charge on any atom is -0.371 e. The Morgan fingerprint density at radius 2 is 1.78 bits per heavy atom. The van der Waals surface area contributed by atoms with Gasteiger partial charge in [-0.05, 0) is 39.5 Å². The van der Waals surface area contributed by atoms with Gasteiger partial charge in [-0.1, -0.05) is 43.1 Å². The predicted octanol–water partition coefficient (Wildman–Crippen LogP) is 4.49. The lowest BCUT2D eigenvalue weighted by Crippen LogP contribution is -2.32. The summed E-state index contributed by atoms with van der Waals surface area (Å²) in [6, 6.07) is 0. The summed E-state index contributed by atoms with van der Waals surface area (Å²) < 4.78 is 6.29. The molecule has 1 heteroatoms. The number of fused-ring (bicyclic) bond motifs is 2. The van der Waals surface area contributed by atoms with Crippen molar-refractivity contribution in [3.8, 4) is 0 Å². The third-order valence-corrected chi connectivity index (χ3v) is 4.61. The molecule has 0 radical (unpaired) electrons. The molecular weight excluding hydrogens is 220 g/mol. The highest BCUT2D eigenvalue weighted by Crippen LogP contribution is 2.47. The van der Waals surface area contributed by atoms with Crippen LogP contribution in [0.2, 0.25) is 0 Å². The second-order valence-corrected chi connectivity index (χ2v) is 7.18. The van der Waals surface area contributed by atoms with E-state index in [9.17, 15) is 0 Å². The van der Waals surface area contributed by atoms with Crippen molar-refractivity contribution in [1.29, 1.82) is 0 Å². The van der Waals surface area contributed by atoms with E-state index in [2.05, 4.69) is 39.0 Å². The molecule has 0 amide bonds. The molecule has 0 heterocycles. The summed E-state index contributed by atoms with van der Waals surface area (Å²) in [7, 11) is 0. The van der Waals surface area contributed by atoms with Crippen LogP contribution in [-0.4, -0.2) is 11.7 Å². The molecule has 3 aliphatic rings. The van der Waals surface area contributed by atoms with Gasteiger partial charge in [-0.3, -0.25) is 0 Å². The van der Waals surface area contributed by atoms with Gasteiger partial charge < -0.3 is 4.74 Å². The largest absolute Gasteiger partial charge is 0.371 e. The van der Waals surface area contributed by atoms with E-state index in [1.54, 1.807) is 5.57 Å². The van der Waals surface area contributed by atoms with E-state index in [1.807, 2.05) is 0 Å². The normalized spacial score (nSPS) is 36.2. The summed E-state index contributed by atoms with van der Waals surface area (Å²) in [5, 5.41) is 0. The molecule has 0 N–H and O–H groups in total. The fourth-order valence-corrected chi connectivity index (χ4v) is 3.90. The lowest BCUT2D eigenvalue weighted by Gasteiger charge is -2.31. The summed E-state index contributed by atoms with van der Waals surface area (Å²) >= 11 is 0. The Labute approximate surface area is 111 Å². The first kappa shape index (κ1) is 12.5. The van der Waals surface area contributed by atoms with Gasteiger partial charge >= 0.3 is 0 Å². The van der Waals surface area contributed by atoms with Crippen LogP contribution >= 0.6 is 0 Å². The average Bonchev–Trinajstić information content (AvgIpc) is 2.85. The molecule has 1 fully saturated rings. The van der Waals surface area contributed by atoms with Gasteiger partial charge in [0.05, 0.1) is 11.7 Å². The van der Waals surface area contributed by atoms with Crippen LogP contribution in [0.25, 0.3) is 0 Å². The van der Waals surface area contributed by atoms with E-state index in [1.165, 1.54) is 32.1 Å². The van der Waals surface area contributed by atoms with Gasteiger partial charge in [-0.2, -0.15) is 0 Å². The first-order valence-corrected chi connectivity index (χ1v) is 7.62. The molecule has 1 nitrogen and oxygen atoms in total. The van der Waals surface area contributed by atoms with Crippen molar-refractivity contribution in [3.63, 3.8) is 0 Å². The fourth-order valence-electron chi connectivity index (χ4n) is 3.90. The molecule has 1 saturated carbocycles. The lowest BCUT2D eigenvalue weighted by molar-refractivity contribution is -0.0735. The van der Waals surface area contributed by atoms with E-state index in [4.69, 9.17) is 4.74 Å². The SMILES string of the molecule is CC(C)(C)O[C@@H]1C2C=CC1C(C1CCCCC1)=C2. The van der Waals surface area contributed by atoms with Crippen molar-refractivity contribution in [2.75, 3.05) is 0 Å². The maximum absolute atomic E-state index is 6.29. The second-order valence-electron chi connectivity index (χ2n) is 7.18. The number of hydrogen-bond acceptors (Lipinski definition) is 1. The Morgan fingerprint density at radius 3 is 2.44 bits per heavy atom. The van der Waals surface area contributed by atoms with Gasteiger partial charge in [0.2, 0.25) is 0 Å². The highest BCUT2D eigenvalue weighted by molar-refractivity contribution is 5.35. The molecule has 0 aromatic carbocycles. The maximum atomic E-state index is 6.29. The molecule has 0 aromatic rings. The van der Waals surface area contributed by atoms with Crippen LogP contribution in [-0.2, 0) is 4.74 Å². The van der Waals surface area contributed by atoms with Crippen molar-refractivity contribution in [1.82, 2.24) is 0 Å². The van der Waals surface area contributed by atoms with Gasteiger partial charge in [0.15, 0.2) is 0 Å². The smallest absolute Gasteiger partial charge is 0.0779 e. The number of rotatable bonds is 2. The molecule has 3 rings (SSSR count). The molecule has 0 saturated heterocycles. The minimum absolute atomic E-state index is 0.0248. The van der Waals surface area contributed by atoms with Crippen molar-refractivity contribution >= 4 is 0 Å². The highest BCUT2D eigenvalue weighted by Gasteiger charge is 2.43. The Balaban J connectivity index is 1.71. The minimum atomic E-state index is -0.0248. The monoisotopic (exact) mass is 246 g/mol. The third kappa shape index (κ3) is 2.30. The molecule has 2 bridgehead atoms. The topological polar surface area (TPSA) is 9.23 Å². The van der Waals surface area contributed by atoms with E-state index >= 15 is 0 Å². The summed E-state index contributed by atoms with van der Waals surface area (Å²) in [6.45, 7) is 6.52. The zero-order valence-corrected chi connectivity index (χ0v) is 12.0. The third-order valence-electron chi connectivity index (χ3n) is 4.61. The Bertz CT molecular complexity index is 366. The molecular formula is C17H26O. The van der Waals surface area contributed by atoms with Gasteiger partial charge in [0.25, 0.3) is 0 Å². The fraction of sp³-hybridized carbons (Fsp3) is 0.765. The first-order chi connectivity index (χ1) is 8.54. The summed E-state index contributed by atoms with van der Waals surface area (Å²) in [6.07, 6.45) is 14.8. The van der Waals surface area contributed by atoms with E-state index in [0.717, 1.165) is 5.92 Å². The van der Waals surface area contributed by atoms with E-state index in [-0.39, 0.29) is 5.60 Å². The van der Waals surface area contributed by atoms with Gasteiger partial charge in [0.1, 0.15) is 0 Å². The van der Waals surface area contributed by atoms with Crippen molar-refractivity contribution in [2.24, 2.45) is 17.8 Å². The summed E-state index contributed by atoms with van der Waals surface area (Å²) in [5.41, 5.74) is 1.68. The lowest BCUT2D eigenvalue weighted by atomic mass is 9.79. The quantitative estimate of drug-likeness (QED) is 0.652. The van der Waals surface area contributed by atoms with Crippen LogP contribution in [0.4, 0.5) is 0 Å². The molecule has 0 aromatic heterocycles. The zero-order chi connectivity index (χ0) is 12.8. The maximum Gasteiger partial charge on any atom is 0.0779 e. The number of ether oxygens (including phenoxy) is 1. The molecule has 0 spiro atoms. The first-order valence-electron chi connectivity index (χ1n) is 7.62. The molecule has 18 heavy (non-hydrogen) atoms. The average molecular weight is 246 g/mol. The van der Waals surface area contributed by atoms with Crippen molar-refractivity contribution in [2.45, 2.75) is 64.6 Å². The Kier molecular flexibility index (Phi) is 3.13. The van der Waals surface area contributed by atoms with Crippen molar-refractivity contribution in [3.05, 3.63) is 23.8 Å². The molecule has 0 aliphatic heterocycles. The molecule has 100 valence electrons. The number of hydrogen-bond donors (Lipinski definition) is 0. The summed E-state index contributed by atoms with van der Waals surface area (Å²) in [5.74, 6) is 1.98. The van der Waals surface area contributed by atoms with Gasteiger partial charge in [0, 0.05) is 11.8 Å². The van der Waals surface area contributed by atoms with Crippen LogP contribution in [0, 0.1) is 17.8 Å². The van der Waals surface area contributed by atoms with Crippen LogP contribution in [0.15, 0.2) is 23.8 Å². The van der Waals surface area contributed by atoms with Gasteiger partial charge in [-0.25, -0.2) is 0 Å². The predicted molar refractivity (Wildman–Crippen MR) is 75.4 cm³/mol. The Morgan fingerprint density at radius 1 is 1.06 bits per heavy atom. The Hall–Kier alpha value is -0.560. The zero-order valence-electron chi connectivity index (χ0n) is 12.0. The van der Waals surface area contributed by atoms with Gasteiger partial charge in [-0.15, -0.1) is 0 Å². The van der Waals surface area contributed by atoms with Crippen LogP contribution in [0.1, 0.15) is 52.9 Å². The van der Waals surface area contributed by atoms with Crippen LogP contribution in [0.3, 0.4) is 0 Å². The highest BCUT2D eigenvalue weighted by atomic mass is 16.5. The molecule has 3 aliphatic carbocycles. The molecule has 2 unspecified atom stereocenters. The van der Waals surface area contributed by atoms with E-state index in [0.29, 0.717) is 17.9 Å². The van der Waals surface area contributed by atoms with E-state index < -0.39 is 0 Å². The standard InChI is InChI=1S/C17H26O/c1-17(2,3)18-16-13-9-10-14(16)15(11-13)12-7-5-4-6-8-12/h9-14,16H,4-8H2,1-3H3/t13?,14?,16-/m1/s1. The van der Waals surface area contributed by atoms with Crippen molar-refractivity contribution < 1.29 is 4.74 Å². The second kappa shape index (κ2) is 4.52. The van der Waals surface area contributed by atoms with Crippen LogP contribution in [0.5, 0.6) is 0 Å². The molecule has 3 atom stereocenters. The summed E-state index contributed by atoms with van der Waals surface area (Å²) in [4.78, 5) is 0.